The summed E-state index contributed by atoms with van der Waals surface area (Å²) in [5.41, 5.74) is -0.728. The molecular weight excluding hydrogens is 375 g/mol. The number of hydrogen-bond acceptors (Lipinski definition) is 4. The van der Waals surface area contributed by atoms with Crippen LogP contribution in [0.25, 0.3) is 0 Å². The van der Waals surface area contributed by atoms with Crippen molar-refractivity contribution < 1.29 is 18.0 Å². The number of alkyl halides is 3. The van der Waals surface area contributed by atoms with Crippen LogP contribution in [0.1, 0.15) is 52.4 Å². The average molecular weight is 406 g/mol. The molecule has 8 heteroatoms. The molecule has 1 N–H and O–H groups in total. The Hall–Kier alpha value is -1.44. The summed E-state index contributed by atoms with van der Waals surface area (Å²) in [5, 5.41) is 3.46. The molecule has 0 aromatic carbocycles. The smallest absolute Gasteiger partial charge is 0.385 e. The quantitative estimate of drug-likeness (QED) is 0.271. The summed E-state index contributed by atoms with van der Waals surface area (Å²) in [6.45, 7) is 5.15. The highest BCUT2D eigenvalue weighted by atomic mass is 32.2. The minimum Gasteiger partial charge on any atom is -0.385 e. The first kappa shape index (κ1) is 23.6. The molecule has 0 spiro atoms. The van der Waals surface area contributed by atoms with E-state index in [4.69, 9.17) is 0 Å². The molecule has 1 amide bonds. The van der Waals surface area contributed by atoms with Gasteiger partial charge in [0, 0.05) is 38.0 Å². The molecule has 1 aliphatic heterocycles. The van der Waals surface area contributed by atoms with Crippen molar-refractivity contribution in [2.45, 2.75) is 58.5 Å². The maximum absolute atomic E-state index is 13.5. The van der Waals surface area contributed by atoms with E-state index in [2.05, 4.69) is 10.3 Å². The van der Waals surface area contributed by atoms with E-state index in [-0.39, 0.29) is 11.6 Å². The Morgan fingerprint density at radius 1 is 1.33 bits per heavy atom. The van der Waals surface area contributed by atoms with Crippen molar-refractivity contribution in [3.05, 3.63) is 23.5 Å². The largest absolute Gasteiger partial charge is 0.419 e. The molecule has 0 radical (unpaired) electrons. The predicted octanol–water partition coefficient (Wildman–Crippen LogP) is 4.89. The third-order valence-corrected chi connectivity index (χ3v) is 4.96. The maximum atomic E-state index is 13.5. The van der Waals surface area contributed by atoms with Gasteiger partial charge in [0.25, 0.3) is 0 Å². The van der Waals surface area contributed by atoms with Gasteiger partial charge in [-0.25, -0.2) is 0 Å². The lowest BCUT2D eigenvalue weighted by molar-refractivity contribution is -0.130. The van der Waals surface area contributed by atoms with E-state index in [0.717, 1.165) is 32.0 Å². The van der Waals surface area contributed by atoms with E-state index in [9.17, 15) is 18.0 Å². The summed E-state index contributed by atoms with van der Waals surface area (Å²) in [4.78, 5) is 17.7. The first-order chi connectivity index (χ1) is 12.8. The molecule has 1 aliphatic rings. The Kier molecular flexibility index (Phi) is 10.6. The first-order valence-electron chi connectivity index (χ1n) is 9.37. The minimum absolute atomic E-state index is 0.0462. The number of halogens is 3. The van der Waals surface area contributed by atoms with Crippen LogP contribution >= 0.6 is 11.8 Å². The van der Waals surface area contributed by atoms with Gasteiger partial charge in [-0.3, -0.25) is 9.79 Å². The monoisotopic (exact) mass is 405 g/mol. The van der Waals surface area contributed by atoms with Crippen LogP contribution in [-0.4, -0.2) is 47.9 Å². The van der Waals surface area contributed by atoms with Crippen molar-refractivity contribution in [2.75, 3.05) is 25.9 Å². The van der Waals surface area contributed by atoms with Crippen LogP contribution in [0.5, 0.6) is 0 Å². The van der Waals surface area contributed by atoms with Crippen molar-refractivity contribution in [1.82, 2.24) is 10.2 Å². The molecule has 1 rings (SSSR count). The van der Waals surface area contributed by atoms with Crippen molar-refractivity contribution in [2.24, 2.45) is 4.99 Å². The summed E-state index contributed by atoms with van der Waals surface area (Å²) in [5.74, 6) is 0.148. The van der Waals surface area contributed by atoms with Gasteiger partial charge in [-0.2, -0.15) is 13.2 Å². The average Bonchev–Trinajstić information content (AvgIpc) is 2.81. The summed E-state index contributed by atoms with van der Waals surface area (Å²) in [6.07, 6.45) is 4.32. The molecule has 27 heavy (non-hydrogen) atoms. The first-order valence-corrected chi connectivity index (χ1v) is 10.6. The molecule has 1 heterocycles. The Labute approximate surface area is 164 Å². The molecule has 0 aromatic heterocycles. The number of amides is 1. The number of aliphatic imine (C=N–C) groups is 1. The van der Waals surface area contributed by atoms with E-state index in [0.29, 0.717) is 37.4 Å². The number of hydrogen-bond donors (Lipinski definition) is 1. The fraction of sp³-hybridized carbons (Fsp3) is 0.684. The Morgan fingerprint density at radius 2 is 2.07 bits per heavy atom. The highest BCUT2D eigenvalue weighted by molar-refractivity contribution is 8.13. The Balaban J connectivity index is 2.73. The van der Waals surface area contributed by atoms with E-state index in [1.165, 1.54) is 17.8 Å². The zero-order valence-electron chi connectivity index (χ0n) is 16.4. The zero-order chi connectivity index (χ0) is 20.3. The highest BCUT2D eigenvalue weighted by Crippen LogP contribution is 2.30. The number of carbonyl (C=O) groups excluding carboxylic acids is 1. The van der Waals surface area contributed by atoms with Gasteiger partial charge in [0.15, 0.2) is 0 Å². The van der Waals surface area contributed by atoms with Crippen LogP contribution in [-0.2, 0) is 4.79 Å². The number of nitrogens with zero attached hydrogens (tertiary/aromatic N) is 2. The standard InChI is InChI=1S/C19H30F3N3OS/c1-4-9-17(16(19(20,21)22)14-24-15(2)27-3)23-11-8-13-25-12-7-5-6-10-18(25)26/h9,14,23H,4-8,10-13H2,1-3H3/b16-14+,17-9-,24-15?. The second kappa shape index (κ2) is 12.1. The van der Waals surface area contributed by atoms with Crippen LogP contribution in [0.15, 0.2) is 28.5 Å². The number of allylic oxidation sites excluding steroid dienone is 2. The van der Waals surface area contributed by atoms with Crippen molar-refractivity contribution in [3.8, 4) is 0 Å². The molecule has 4 nitrogen and oxygen atoms in total. The molecule has 1 saturated heterocycles. The number of likely N-dealkylation sites (tertiary alicyclic amines) is 1. The van der Waals surface area contributed by atoms with Gasteiger partial charge in [-0.05, 0) is 38.9 Å². The third kappa shape index (κ3) is 8.86. The molecule has 0 saturated carbocycles. The summed E-state index contributed by atoms with van der Waals surface area (Å²) < 4.78 is 40.4. The van der Waals surface area contributed by atoms with Crippen LogP contribution < -0.4 is 5.32 Å². The van der Waals surface area contributed by atoms with E-state index >= 15 is 0 Å². The maximum Gasteiger partial charge on any atom is 0.419 e. The van der Waals surface area contributed by atoms with Gasteiger partial charge in [0.2, 0.25) is 5.91 Å². The van der Waals surface area contributed by atoms with Crippen LogP contribution in [0.2, 0.25) is 0 Å². The Morgan fingerprint density at radius 3 is 2.70 bits per heavy atom. The second-order valence-corrected chi connectivity index (χ2v) is 7.39. The van der Waals surface area contributed by atoms with Gasteiger partial charge in [-0.1, -0.05) is 19.4 Å². The van der Waals surface area contributed by atoms with Crippen LogP contribution in [0.4, 0.5) is 13.2 Å². The number of carbonyl (C=O) groups is 1. The molecule has 0 aliphatic carbocycles. The molecule has 0 aromatic rings. The lowest BCUT2D eigenvalue weighted by atomic mass is 10.1. The fourth-order valence-corrected chi connectivity index (χ4v) is 2.91. The molecule has 1 fully saturated rings. The van der Waals surface area contributed by atoms with Gasteiger partial charge in [0.1, 0.15) is 0 Å². The number of nitrogens with one attached hydrogen (secondary N) is 1. The van der Waals surface area contributed by atoms with Gasteiger partial charge < -0.3 is 10.2 Å². The fourth-order valence-electron chi connectivity index (χ4n) is 2.75. The number of rotatable bonds is 8. The second-order valence-electron chi connectivity index (χ2n) is 6.39. The molecular formula is C19H30F3N3OS. The lowest BCUT2D eigenvalue weighted by Crippen LogP contribution is -2.33. The molecule has 154 valence electrons. The normalized spacial score (nSPS) is 17.9. The van der Waals surface area contributed by atoms with Gasteiger partial charge in [0.05, 0.1) is 10.6 Å². The Bertz CT molecular complexity index is 571. The van der Waals surface area contributed by atoms with Gasteiger partial charge >= 0.3 is 6.18 Å². The molecule has 0 bridgehead atoms. The third-order valence-electron chi connectivity index (χ3n) is 4.27. The van der Waals surface area contributed by atoms with Gasteiger partial charge in [-0.15, -0.1) is 11.8 Å². The van der Waals surface area contributed by atoms with Crippen molar-refractivity contribution >= 4 is 22.7 Å². The van der Waals surface area contributed by atoms with Crippen molar-refractivity contribution in [1.29, 1.82) is 0 Å². The highest BCUT2D eigenvalue weighted by Gasteiger charge is 2.36. The summed E-state index contributed by atoms with van der Waals surface area (Å²) >= 11 is 1.30. The lowest BCUT2D eigenvalue weighted by Gasteiger charge is -2.21. The molecule has 0 atom stereocenters. The minimum atomic E-state index is -4.49. The number of thioether (sulfide) groups is 1. The SMILES string of the molecule is CC/C=C(NCCCN1CCCCCC1=O)/C(=C\N=C(C)SC)C(F)(F)F. The zero-order valence-corrected chi connectivity index (χ0v) is 17.2. The van der Waals surface area contributed by atoms with Crippen LogP contribution in [0.3, 0.4) is 0 Å². The van der Waals surface area contributed by atoms with Crippen molar-refractivity contribution in [3.63, 3.8) is 0 Å². The van der Waals surface area contributed by atoms with E-state index in [1.807, 2.05) is 4.90 Å². The predicted molar refractivity (Wildman–Crippen MR) is 107 cm³/mol. The van der Waals surface area contributed by atoms with E-state index in [1.54, 1.807) is 20.1 Å². The molecule has 0 unspecified atom stereocenters. The van der Waals surface area contributed by atoms with Crippen LogP contribution in [0, 0.1) is 0 Å². The summed E-state index contributed by atoms with van der Waals surface area (Å²) in [7, 11) is 0. The topological polar surface area (TPSA) is 44.7 Å². The summed E-state index contributed by atoms with van der Waals surface area (Å²) in [6, 6.07) is 0. The van der Waals surface area contributed by atoms with E-state index < -0.39 is 11.7 Å².